The number of benzene rings is 3. The van der Waals surface area contributed by atoms with E-state index in [-0.39, 0.29) is 6.61 Å². The van der Waals surface area contributed by atoms with E-state index in [0.717, 1.165) is 39.1 Å². The minimum Gasteiger partial charge on any atom is -0.490 e. The Hall–Kier alpha value is -3.37. The summed E-state index contributed by atoms with van der Waals surface area (Å²) in [5, 5.41) is 0. The normalized spacial score (nSPS) is 10.8. The summed E-state index contributed by atoms with van der Waals surface area (Å²) in [5.74, 6) is 1.37. The lowest BCUT2D eigenvalue weighted by atomic mass is 10.0. The highest BCUT2D eigenvalue weighted by molar-refractivity contribution is 5.76. The molecular formula is C25H22FNO2. The van der Waals surface area contributed by atoms with E-state index in [2.05, 4.69) is 0 Å². The van der Waals surface area contributed by atoms with Crippen molar-refractivity contribution in [2.45, 2.75) is 6.54 Å². The van der Waals surface area contributed by atoms with Gasteiger partial charge in [0.1, 0.15) is 24.8 Å². The molecule has 0 unspecified atom stereocenters. The zero-order chi connectivity index (χ0) is 20.1. The molecule has 0 amide bonds. The summed E-state index contributed by atoms with van der Waals surface area (Å²) < 4.78 is 24.2. The maximum atomic E-state index is 12.7. The molecule has 0 aliphatic carbocycles. The number of nitrogens with two attached hydrogens (primary N) is 1. The molecule has 3 nitrogen and oxygen atoms in total. The van der Waals surface area contributed by atoms with Crippen LogP contribution < -0.4 is 10.5 Å². The second-order valence-electron chi connectivity index (χ2n) is 6.72. The standard InChI is InChI=1S/C25H22FNO2/c26-12-13-28-25-14-21(10-11-23(25)20-4-2-1-3-5-20)24-15-22(17-29-24)19-8-6-18(16-27)7-9-19/h1-11,14-15,17H,12-13,16,27H2. The fourth-order valence-corrected chi connectivity index (χ4v) is 3.27. The third kappa shape index (κ3) is 4.23. The molecule has 146 valence electrons. The summed E-state index contributed by atoms with van der Waals surface area (Å²) in [6.07, 6.45) is 1.74. The van der Waals surface area contributed by atoms with Crippen LogP contribution in [0.25, 0.3) is 33.6 Å². The molecule has 4 heteroatoms. The van der Waals surface area contributed by atoms with Crippen LogP contribution in [0.4, 0.5) is 4.39 Å². The van der Waals surface area contributed by atoms with Crippen LogP contribution in [0.1, 0.15) is 5.56 Å². The summed E-state index contributed by atoms with van der Waals surface area (Å²) in [7, 11) is 0. The van der Waals surface area contributed by atoms with Gasteiger partial charge in [-0.05, 0) is 34.9 Å². The fourth-order valence-electron chi connectivity index (χ4n) is 3.27. The van der Waals surface area contributed by atoms with E-state index in [4.69, 9.17) is 14.9 Å². The first-order valence-corrected chi connectivity index (χ1v) is 9.55. The van der Waals surface area contributed by atoms with E-state index in [1.54, 1.807) is 6.26 Å². The highest BCUT2D eigenvalue weighted by Crippen LogP contribution is 2.36. The van der Waals surface area contributed by atoms with E-state index >= 15 is 0 Å². The van der Waals surface area contributed by atoms with Crippen molar-refractivity contribution < 1.29 is 13.5 Å². The van der Waals surface area contributed by atoms with Crippen LogP contribution >= 0.6 is 0 Å². The summed E-state index contributed by atoms with van der Waals surface area (Å²) >= 11 is 0. The molecule has 2 N–H and O–H groups in total. The van der Waals surface area contributed by atoms with Crippen LogP contribution in [-0.2, 0) is 6.54 Å². The first-order valence-electron chi connectivity index (χ1n) is 9.55. The number of hydrogen-bond acceptors (Lipinski definition) is 3. The first-order chi connectivity index (χ1) is 14.3. The SMILES string of the molecule is NCc1ccc(-c2coc(-c3ccc(-c4ccccc4)c(OCCF)c3)c2)cc1. The van der Waals surface area contributed by atoms with Crippen molar-refractivity contribution in [1.82, 2.24) is 0 Å². The quantitative estimate of drug-likeness (QED) is 0.418. The highest BCUT2D eigenvalue weighted by atomic mass is 19.1. The molecule has 0 bridgehead atoms. The zero-order valence-corrected chi connectivity index (χ0v) is 16.0. The smallest absolute Gasteiger partial charge is 0.134 e. The molecule has 1 heterocycles. The van der Waals surface area contributed by atoms with E-state index in [9.17, 15) is 4.39 Å². The van der Waals surface area contributed by atoms with Gasteiger partial charge in [0.15, 0.2) is 0 Å². The molecule has 0 radical (unpaired) electrons. The number of hydrogen-bond donors (Lipinski definition) is 1. The van der Waals surface area contributed by atoms with E-state index in [0.29, 0.717) is 12.3 Å². The Morgan fingerprint density at radius 2 is 1.55 bits per heavy atom. The lowest BCUT2D eigenvalue weighted by Crippen LogP contribution is -2.00. The molecule has 0 atom stereocenters. The predicted molar refractivity (Wildman–Crippen MR) is 114 cm³/mol. The van der Waals surface area contributed by atoms with Crippen molar-refractivity contribution >= 4 is 0 Å². The maximum absolute atomic E-state index is 12.7. The third-order valence-corrected chi connectivity index (χ3v) is 4.81. The minimum absolute atomic E-state index is 0.0141. The number of rotatable bonds is 7. The molecule has 4 rings (SSSR count). The summed E-state index contributed by atoms with van der Waals surface area (Å²) in [6, 6.07) is 25.9. The molecule has 29 heavy (non-hydrogen) atoms. The van der Waals surface area contributed by atoms with Crippen LogP contribution in [0.2, 0.25) is 0 Å². The van der Waals surface area contributed by atoms with Gasteiger partial charge in [0.2, 0.25) is 0 Å². The van der Waals surface area contributed by atoms with Gasteiger partial charge in [0.05, 0.1) is 6.26 Å². The monoisotopic (exact) mass is 387 g/mol. The second-order valence-corrected chi connectivity index (χ2v) is 6.72. The Balaban J connectivity index is 1.67. The molecule has 0 fully saturated rings. The van der Waals surface area contributed by atoms with Crippen molar-refractivity contribution in [2.75, 3.05) is 13.3 Å². The molecule has 0 aliphatic rings. The van der Waals surface area contributed by atoms with Crippen LogP contribution in [0.15, 0.2) is 89.5 Å². The van der Waals surface area contributed by atoms with Gasteiger partial charge in [-0.2, -0.15) is 0 Å². The largest absolute Gasteiger partial charge is 0.490 e. The maximum Gasteiger partial charge on any atom is 0.134 e. The van der Waals surface area contributed by atoms with Gasteiger partial charge in [-0.25, -0.2) is 4.39 Å². The van der Waals surface area contributed by atoms with Gasteiger partial charge in [-0.3, -0.25) is 0 Å². The second kappa shape index (κ2) is 8.76. The molecule has 0 saturated carbocycles. The number of furan rings is 1. The molecule has 0 saturated heterocycles. The minimum atomic E-state index is -0.540. The number of alkyl halides is 1. The van der Waals surface area contributed by atoms with Crippen molar-refractivity contribution in [1.29, 1.82) is 0 Å². The van der Waals surface area contributed by atoms with E-state index < -0.39 is 6.67 Å². The Morgan fingerprint density at radius 3 is 2.28 bits per heavy atom. The van der Waals surface area contributed by atoms with Gasteiger partial charge >= 0.3 is 0 Å². The Labute approximate surface area is 169 Å². The number of halogens is 1. The van der Waals surface area contributed by atoms with Crippen molar-refractivity contribution in [2.24, 2.45) is 5.73 Å². The van der Waals surface area contributed by atoms with Crippen LogP contribution in [0, 0.1) is 0 Å². The van der Waals surface area contributed by atoms with E-state index in [1.807, 2.05) is 78.9 Å². The van der Waals surface area contributed by atoms with E-state index in [1.165, 1.54) is 0 Å². The average Bonchev–Trinajstić information content (AvgIpc) is 3.28. The summed E-state index contributed by atoms with van der Waals surface area (Å²) in [5.41, 5.74) is 11.6. The van der Waals surface area contributed by atoms with Gasteiger partial charge in [0, 0.05) is 23.2 Å². The van der Waals surface area contributed by atoms with Crippen LogP contribution in [0.3, 0.4) is 0 Å². The van der Waals surface area contributed by atoms with Crippen molar-refractivity contribution in [3.63, 3.8) is 0 Å². The highest BCUT2D eigenvalue weighted by Gasteiger charge is 2.12. The first kappa shape index (κ1) is 19.0. The Morgan fingerprint density at radius 1 is 0.793 bits per heavy atom. The third-order valence-electron chi connectivity index (χ3n) is 4.81. The van der Waals surface area contributed by atoms with Crippen molar-refractivity contribution in [3.8, 4) is 39.3 Å². The number of ether oxygens (including phenoxy) is 1. The lowest BCUT2D eigenvalue weighted by molar-refractivity contribution is 0.274. The molecule has 0 spiro atoms. The van der Waals surface area contributed by atoms with Crippen molar-refractivity contribution in [3.05, 3.63) is 90.7 Å². The Bertz CT molecular complexity index is 1070. The lowest BCUT2D eigenvalue weighted by Gasteiger charge is -2.12. The van der Waals surface area contributed by atoms with Gasteiger partial charge in [-0.1, -0.05) is 60.7 Å². The van der Waals surface area contributed by atoms with Crippen LogP contribution in [0.5, 0.6) is 5.75 Å². The Kier molecular flexibility index (Phi) is 5.73. The van der Waals surface area contributed by atoms with Gasteiger partial charge in [-0.15, -0.1) is 0 Å². The predicted octanol–water partition coefficient (Wildman–Crippen LogP) is 6.09. The topological polar surface area (TPSA) is 48.4 Å². The summed E-state index contributed by atoms with van der Waals surface area (Å²) in [6.45, 7) is -0.00528. The molecule has 1 aromatic heterocycles. The average molecular weight is 387 g/mol. The summed E-state index contributed by atoms with van der Waals surface area (Å²) in [4.78, 5) is 0. The molecule has 4 aromatic rings. The molecular weight excluding hydrogens is 365 g/mol. The fraction of sp³-hybridized carbons (Fsp3) is 0.120. The molecule has 3 aromatic carbocycles. The zero-order valence-electron chi connectivity index (χ0n) is 16.0. The van der Waals surface area contributed by atoms with Crippen LogP contribution in [-0.4, -0.2) is 13.3 Å². The molecule has 0 aliphatic heterocycles. The van der Waals surface area contributed by atoms with Gasteiger partial charge in [0.25, 0.3) is 0 Å². The van der Waals surface area contributed by atoms with Gasteiger partial charge < -0.3 is 14.9 Å².